The smallest absolute Gasteiger partial charge is 0.406 e. The molecule has 0 spiro atoms. The molecule has 1 aromatic carbocycles. The van der Waals surface area contributed by atoms with Gasteiger partial charge in [-0.25, -0.2) is 0 Å². The Labute approximate surface area is 124 Å². The molecular weight excluding hydrogens is 297 g/mol. The topological polar surface area (TPSA) is 65.2 Å². The second-order valence-electron chi connectivity index (χ2n) is 4.56. The van der Waals surface area contributed by atoms with Gasteiger partial charge in [0.2, 0.25) is 0 Å². The number of alkyl halides is 3. The minimum Gasteiger partial charge on any atom is -0.406 e. The molecule has 2 aromatic rings. The third-order valence-electron chi connectivity index (χ3n) is 2.94. The molecule has 0 bridgehead atoms. The molecule has 0 unspecified atom stereocenters. The van der Waals surface area contributed by atoms with E-state index in [2.05, 4.69) is 9.72 Å². The van der Waals surface area contributed by atoms with Crippen LogP contribution in [-0.4, -0.2) is 17.3 Å². The number of halogens is 3. The van der Waals surface area contributed by atoms with Crippen molar-refractivity contribution in [1.29, 1.82) is 0 Å². The van der Waals surface area contributed by atoms with Crippen molar-refractivity contribution in [1.82, 2.24) is 4.98 Å². The molecule has 0 aliphatic heterocycles. The summed E-state index contributed by atoms with van der Waals surface area (Å²) in [6.45, 7) is 0. The number of benzene rings is 1. The third-order valence-corrected chi connectivity index (χ3v) is 2.94. The highest BCUT2D eigenvalue weighted by atomic mass is 19.4. The number of pyridine rings is 1. The Morgan fingerprint density at radius 3 is 2.64 bits per heavy atom. The summed E-state index contributed by atoms with van der Waals surface area (Å²) in [5.41, 5.74) is 6.72. The Kier molecular flexibility index (Phi) is 4.65. The molecular formula is C15H13F3N2O2. The number of aryl methyl sites for hydroxylation is 2. The van der Waals surface area contributed by atoms with E-state index in [1.54, 1.807) is 18.2 Å². The van der Waals surface area contributed by atoms with Crippen LogP contribution in [-0.2, 0) is 12.8 Å². The maximum Gasteiger partial charge on any atom is 0.573 e. The second-order valence-corrected chi connectivity index (χ2v) is 4.56. The summed E-state index contributed by atoms with van der Waals surface area (Å²) in [6, 6.07) is 8.85. The zero-order valence-electron chi connectivity index (χ0n) is 11.4. The van der Waals surface area contributed by atoms with Gasteiger partial charge in [-0.3, -0.25) is 9.78 Å². The number of amides is 1. The van der Waals surface area contributed by atoms with E-state index in [9.17, 15) is 18.0 Å². The molecule has 1 amide bonds. The van der Waals surface area contributed by atoms with Gasteiger partial charge in [-0.2, -0.15) is 0 Å². The fraction of sp³-hybridized carbons (Fsp3) is 0.200. The summed E-state index contributed by atoms with van der Waals surface area (Å²) >= 11 is 0. The van der Waals surface area contributed by atoms with Gasteiger partial charge in [0.05, 0.1) is 11.3 Å². The SMILES string of the molecule is NC(=O)c1cccnc1CCc1cccc(OC(F)(F)F)c1. The fourth-order valence-electron chi connectivity index (χ4n) is 2.02. The van der Waals surface area contributed by atoms with E-state index in [4.69, 9.17) is 5.73 Å². The van der Waals surface area contributed by atoms with Crippen molar-refractivity contribution in [3.8, 4) is 5.75 Å². The molecule has 2 N–H and O–H groups in total. The lowest BCUT2D eigenvalue weighted by Gasteiger charge is -2.10. The average Bonchev–Trinajstić information content (AvgIpc) is 2.44. The molecule has 0 saturated heterocycles. The normalized spacial score (nSPS) is 11.2. The predicted molar refractivity (Wildman–Crippen MR) is 73.3 cm³/mol. The highest BCUT2D eigenvalue weighted by Crippen LogP contribution is 2.23. The van der Waals surface area contributed by atoms with Gasteiger partial charge in [-0.15, -0.1) is 13.2 Å². The zero-order chi connectivity index (χ0) is 16.2. The van der Waals surface area contributed by atoms with Crippen LogP contribution in [0.1, 0.15) is 21.6 Å². The van der Waals surface area contributed by atoms with Crippen molar-refractivity contribution < 1.29 is 22.7 Å². The van der Waals surface area contributed by atoms with Gasteiger partial charge in [0.1, 0.15) is 5.75 Å². The first-order chi connectivity index (χ1) is 10.3. The molecule has 0 atom stereocenters. The van der Waals surface area contributed by atoms with Crippen LogP contribution in [0.2, 0.25) is 0 Å². The fourth-order valence-corrected chi connectivity index (χ4v) is 2.02. The summed E-state index contributed by atoms with van der Waals surface area (Å²) < 4.78 is 40.4. The lowest BCUT2D eigenvalue weighted by Crippen LogP contribution is -2.17. The highest BCUT2D eigenvalue weighted by Gasteiger charge is 2.31. The average molecular weight is 310 g/mol. The molecule has 2 rings (SSSR count). The summed E-state index contributed by atoms with van der Waals surface area (Å²) in [5, 5.41) is 0. The number of ether oxygens (including phenoxy) is 1. The van der Waals surface area contributed by atoms with E-state index in [1.807, 2.05) is 0 Å². The van der Waals surface area contributed by atoms with Gasteiger partial charge in [0.25, 0.3) is 5.91 Å². The maximum absolute atomic E-state index is 12.2. The van der Waals surface area contributed by atoms with Crippen molar-refractivity contribution in [3.63, 3.8) is 0 Å². The number of primary amides is 1. The highest BCUT2D eigenvalue weighted by molar-refractivity contribution is 5.93. The van der Waals surface area contributed by atoms with Crippen LogP contribution in [0.4, 0.5) is 13.2 Å². The molecule has 7 heteroatoms. The van der Waals surface area contributed by atoms with Crippen LogP contribution in [0, 0.1) is 0 Å². The number of hydrogen-bond acceptors (Lipinski definition) is 3. The van der Waals surface area contributed by atoms with Crippen molar-refractivity contribution in [2.75, 3.05) is 0 Å². The first-order valence-electron chi connectivity index (χ1n) is 6.43. The number of aromatic nitrogens is 1. The van der Waals surface area contributed by atoms with Crippen LogP contribution < -0.4 is 10.5 Å². The number of rotatable bonds is 5. The minimum absolute atomic E-state index is 0.277. The van der Waals surface area contributed by atoms with Gasteiger partial charge >= 0.3 is 6.36 Å². The number of carbonyl (C=O) groups excluding carboxylic acids is 1. The van der Waals surface area contributed by atoms with Gasteiger partial charge in [0.15, 0.2) is 0 Å². The largest absolute Gasteiger partial charge is 0.573 e. The van der Waals surface area contributed by atoms with Crippen LogP contribution in [0.5, 0.6) is 5.75 Å². The number of nitrogens with two attached hydrogens (primary N) is 1. The van der Waals surface area contributed by atoms with Crippen LogP contribution in [0.25, 0.3) is 0 Å². The van der Waals surface area contributed by atoms with Crippen molar-refractivity contribution in [2.24, 2.45) is 5.73 Å². The van der Waals surface area contributed by atoms with Gasteiger partial charge in [0, 0.05) is 6.20 Å². The Morgan fingerprint density at radius 1 is 1.18 bits per heavy atom. The molecule has 0 radical (unpaired) electrons. The van der Waals surface area contributed by atoms with Crippen molar-refractivity contribution in [2.45, 2.75) is 19.2 Å². The van der Waals surface area contributed by atoms with Gasteiger partial charge in [-0.1, -0.05) is 12.1 Å². The molecule has 0 saturated carbocycles. The van der Waals surface area contributed by atoms with E-state index in [-0.39, 0.29) is 5.75 Å². The lowest BCUT2D eigenvalue weighted by atomic mass is 10.0. The first kappa shape index (κ1) is 15.8. The summed E-state index contributed by atoms with van der Waals surface area (Å²) in [5.74, 6) is -0.863. The Bertz CT molecular complexity index is 672. The molecule has 0 aliphatic carbocycles. The summed E-state index contributed by atoms with van der Waals surface area (Å²) in [7, 11) is 0. The third kappa shape index (κ3) is 4.47. The molecule has 0 fully saturated rings. The molecule has 1 aromatic heterocycles. The molecule has 0 aliphatic rings. The van der Waals surface area contributed by atoms with E-state index in [0.717, 1.165) is 0 Å². The lowest BCUT2D eigenvalue weighted by molar-refractivity contribution is -0.274. The Morgan fingerprint density at radius 2 is 1.95 bits per heavy atom. The maximum atomic E-state index is 12.2. The molecule has 1 heterocycles. The quantitative estimate of drug-likeness (QED) is 0.923. The summed E-state index contributed by atoms with van der Waals surface area (Å²) in [6.07, 6.45) is -2.40. The van der Waals surface area contributed by atoms with Crippen LogP contribution in [0.3, 0.4) is 0 Å². The van der Waals surface area contributed by atoms with E-state index < -0.39 is 12.3 Å². The Balaban J connectivity index is 2.09. The monoisotopic (exact) mass is 310 g/mol. The summed E-state index contributed by atoms with van der Waals surface area (Å²) in [4.78, 5) is 15.4. The Hall–Kier alpha value is -2.57. The molecule has 116 valence electrons. The van der Waals surface area contributed by atoms with E-state index >= 15 is 0 Å². The minimum atomic E-state index is -4.72. The molecule has 22 heavy (non-hydrogen) atoms. The van der Waals surface area contributed by atoms with Gasteiger partial charge in [-0.05, 0) is 42.7 Å². The number of nitrogens with zero attached hydrogens (tertiary/aromatic N) is 1. The van der Waals surface area contributed by atoms with Gasteiger partial charge < -0.3 is 10.5 Å². The van der Waals surface area contributed by atoms with Crippen molar-refractivity contribution in [3.05, 3.63) is 59.4 Å². The standard InChI is InChI=1S/C15H13F3N2O2/c16-15(17,18)22-11-4-1-3-10(9-11)6-7-13-12(14(19)21)5-2-8-20-13/h1-5,8-9H,6-7H2,(H2,19,21). The van der Waals surface area contributed by atoms with E-state index in [0.29, 0.717) is 29.7 Å². The van der Waals surface area contributed by atoms with E-state index in [1.165, 1.54) is 24.4 Å². The number of hydrogen-bond donors (Lipinski definition) is 1. The number of carbonyl (C=O) groups is 1. The second kappa shape index (κ2) is 6.46. The van der Waals surface area contributed by atoms with Crippen molar-refractivity contribution >= 4 is 5.91 Å². The predicted octanol–water partition coefficient (Wildman–Crippen LogP) is 2.86. The van der Waals surface area contributed by atoms with Crippen LogP contribution >= 0.6 is 0 Å². The molecule has 4 nitrogen and oxygen atoms in total. The van der Waals surface area contributed by atoms with Crippen LogP contribution in [0.15, 0.2) is 42.6 Å². The first-order valence-corrected chi connectivity index (χ1v) is 6.43. The zero-order valence-corrected chi connectivity index (χ0v) is 11.4.